The topological polar surface area (TPSA) is 26.7 Å². The van der Waals surface area contributed by atoms with E-state index in [9.17, 15) is 31.4 Å². The largest absolute Gasteiger partial charge is 0.416 e. The molecule has 196 valence electrons. The van der Waals surface area contributed by atoms with Crippen LogP contribution in [0.3, 0.4) is 0 Å². The van der Waals surface area contributed by atoms with Crippen molar-refractivity contribution in [1.29, 1.82) is 0 Å². The van der Waals surface area contributed by atoms with Gasteiger partial charge >= 0.3 is 12.4 Å². The van der Waals surface area contributed by atoms with Crippen molar-refractivity contribution in [2.24, 2.45) is 0 Å². The Bertz CT molecular complexity index is 1260. The zero-order chi connectivity index (χ0) is 26.4. The number of hydrogen-bond donors (Lipinski definition) is 1. The molecule has 5 rings (SSSR count). The summed E-state index contributed by atoms with van der Waals surface area (Å²) in [6.45, 7) is -0.627. The minimum absolute atomic E-state index is 0.0749. The van der Waals surface area contributed by atoms with Gasteiger partial charge in [-0.15, -0.1) is 0 Å². The molecule has 1 N–H and O–H groups in total. The number of aryl methyl sites for hydroxylation is 1. The van der Waals surface area contributed by atoms with Crippen molar-refractivity contribution in [2.75, 3.05) is 22.9 Å². The second-order valence-electron chi connectivity index (χ2n) is 9.60. The Labute approximate surface area is 210 Å². The first-order chi connectivity index (χ1) is 17.5. The van der Waals surface area contributed by atoms with Crippen LogP contribution >= 0.6 is 0 Å². The zero-order valence-electron chi connectivity index (χ0n) is 19.8. The Morgan fingerprint density at radius 3 is 2.27 bits per heavy atom. The summed E-state index contributed by atoms with van der Waals surface area (Å²) in [4.78, 5) is 3.50. The average molecular weight is 521 g/mol. The minimum atomic E-state index is -4.87. The van der Waals surface area contributed by atoms with E-state index in [0.717, 1.165) is 37.0 Å². The maximum atomic E-state index is 13.6. The molecule has 2 aliphatic rings. The monoisotopic (exact) mass is 520 g/mol. The molecule has 0 spiro atoms. The summed E-state index contributed by atoms with van der Waals surface area (Å²) in [6.07, 6.45) is -9.47. The van der Waals surface area contributed by atoms with Gasteiger partial charge in [0.15, 0.2) is 6.10 Å². The van der Waals surface area contributed by atoms with Gasteiger partial charge in [-0.05, 0) is 60.2 Å². The summed E-state index contributed by atoms with van der Waals surface area (Å²) in [6, 6.07) is 18.8. The van der Waals surface area contributed by atoms with Crippen LogP contribution in [0.25, 0.3) is 0 Å². The number of halogens is 6. The molecule has 3 nitrogen and oxygen atoms in total. The van der Waals surface area contributed by atoms with Crippen molar-refractivity contribution in [2.45, 2.75) is 49.8 Å². The van der Waals surface area contributed by atoms with Crippen molar-refractivity contribution in [3.63, 3.8) is 0 Å². The molecule has 1 aliphatic heterocycles. The van der Waals surface area contributed by atoms with Gasteiger partial charge in [-0.25, -0.2) is 0 Å². The lowest BCUT2D eigenvalue weighted by atomic mass is 9.85. The highest BCUT2D eigenvalue weighted by molar-refractivity contribution is 5.75. The van der Waals surface area contributed by atoms with Gasteiger partial charge in [-0.3, -0.25) is 0 Å². The lowest BCUT2D eigenvalue weighted by molar-refractivity contribution is -0.200. The minimum Gasteiger partial charge on any atom is -0.382 e. The SMILES string of the molecule is OC(CN1c2ccccc2N(C2CCCc3ccccc32)CC1c1cccc(C(F)(F)F)c1)C(F)(F)F. The molecular formula is C28H26F6N2O. The normalized spacial score (nSPS) is 20.8. The summed E-state index contributed by atoms with van der Waals surface area (Å²) in [7, 11) is 0. The molecule has 0 amide bonds. The molecular weight excluding hydrogens is 494 g/mol. The van der Waals surface area contributed by atoms with Crippen LogP contribution in [0.15, 0.2) is 72.8 Å². The molecule has 0 radical (unpaired) electrons. The summed E-state index contributed by atoms with van der Waals surface area (Å²) in [5, 5.41) is 10.00. The molecule has 0 saturated carbocycles. The molecule has 0 aromatic heterocycles. The van der Waals surface area contributed by atoms with Gasteiger partial charge in [0.2, 0.25) is 0 Å². The number of anilines is 2. The van der Waals surface area contributed by atoms with Gasteiger partial charge in [0, 0.05) is 6.54 Å². The van der Waals surface area contributed by atoms with E-state index in [0.29, 0.717) is 11.4 Å². The number of fused-ring (bicyclic) bond motifs is 2. The van der Waals surface area contributed by atoms with E-state index < -0.39 is 36.6 Å². The van der Waals surface area contributed by atoms with Crippen LogP contribution in [0.2, 0.25) is 0 Å². The lowest BCUT2D eigenvalue weighted by Gasteiger charge is -2.49. The summed E-state index contributed by atoms with van der Waals surface area (Å²) >= 11 is 0. The molecule has 0 fully saturated rings. The third-order valence-electron chi connectivity index (χ3n) is 7.31. The fourth-order valence-corrected chi connectivity index (χ4v) is 5.57. The molecule has 3 atom stereocenters. The van der Waals surface area contributed by atoms with Gasteiger partial charge in [0.05, 0.1) is 35.6 Å². The highest BCUT2D eigenvalue weighted by Gasteiger charge is 2.44. The molecule has 1 aliphatic carbocycles. The van der Waals surface area contributed by atoms with Crippen LogP contribution in [-0.2, 0) is 12.6 Å². The third kappa shape index (κ3) is 5.01. The van der Waals surface area contributed by atoms with E-state index in [2.05, 4.69) is 11.0 Å². The van der Waals surface area contributed by atoms with Crippen molar-refractivity contribution in [3.05, 3.63) is 95.1 Å². The number of para-hydroxylation sites is 2. The maximum Gasteiger partial charge on any atom is 0.416 e. The Morgan fingerprint density at radius 1 is 0.838 bits per heavy atom. The van der Waals surface area contributed by atoms with Crippen LogP contribution in [0.5, 0.6) is 0 Å². The fourth-order valence-electron chi connectivity index (χ4n) is 5.57. The molecule has 1 heterocycles. The Hall–Kier alpha value is -3.20. The second kappa shape index (κ2) is 9.59. The number of hydrogen-bond acceptors (Lipinski definition) is 3. The predicted octanol–water partition coefficient (Wildman–Crippen LogP) is 7.07. The van der Waals surface area contributed by atoms with E-state index in [1.54, 1.807) is 18.2 Å². The van der Waals surface area contributed by atoms with Crippen LogP contribution in [0.4, 0.5) is 37.7 Å². The molecule has 3 aromatic carbocycles. The van der Waals surface area contributed by atoms with E-state index in [4.69, 9.17) is 0 Å². The number of benzene rings is 3. The van der Waals surface area contributed by atoms with E-state index in [1.807, 2.05) is 24.3 Å². The van der Waals surface area contributed by atoms with Crippen LogP contribution in [0.1, 0.15) is 47.2 Å². The quantitative estimate of drug-likeness (QED) is 0.373. The lowest BCUT2D eigenvalue weighted by Crippen LogP contribution is -2.50. The third-order valence-corrected chi connectivity index (χ3v) is 7.31. The van der Waals surface area contributed by atoms with Gasteiger partial charge in [0.1, 0.15) is 0 Å². The number of nitrogens with zero attached hydrogens (tertiary/aromatic N) is 2. The second-order valence-corrected chi connectivity index (χ2v) is 9.60. The number of alkyl halides is 6. The van der Waals surface area contributed by atoms with Crippen molar-refractivity contribution in [1.82, 2.24) is 0 Å². The van der Waals surface area contributed by atoms with Gasteiger partial charge in [-0.1, -0.05) is 48.5 Å². The number of aliphatic hydroxyl groups excluding tert-OH is 1. The number of aliphatic hydroxyl groups is 1. The van der Waals surface area contributed by atoms with Crippen LogP contribution in [0, 0.1) is 0 Å². The van der Waals surface area contributed by atoms with E-state index >= 15 is 0 Å². The first-order valence-corrected chi connectivity index (χ1v) is 12.2. The predicted molar refractivity (Wildman–Crippen MR) is 130 cm³/mol. The van der Waals surface area contributed by atoms with Crippen molar-refractivity contribution < 1.29 is 31.4 Å². The van der Waals surface area contributed by atoms with E-state index in [-0.39, 0.29) is 18.2 Å². The summed E-state index contributed by atoms with van der Waals surface area (Å²) < 4.78 is 81.0. The van der Waals surface area contributed by atoms with Crippen LogP contribution in [-0.4, -0.2) is 30.5 Å². The summed E-state index contributed by atoms with van der Waals surface area (Å²) in [5.74, 6) is 0. The van der Waals surface area contributed by atoms with Crippen LogP contribution < -0.4 is 9.80 Å². The first-order valence-electron chi connectivity index (χ1n) is 12.2. The molecule has 37 heavy (non-hydrogen) atoms. The van der Waals surface area contributed by atoms with Gasteiger partial charge in [-0.2, -0.15) is 26.3 Å². The molecule has 3 aromatic rings. The van der Waals surface area contributed by atoms with Crippen molar-refractivity contribution in [3.8, 4) is 0 Å². The molecule has 0 saturated heterocycles. The first kappa shape index (κ1) is 25.4. The fraction of sp³-hybridized carbons (Fsp3) is 0.357. The summed E-state index contributed by atoms with van der Waals surface area (Å²) in [5.41, 5.74) is 2.84. The Balaban J connectivity index is 1.63. The Kier molecular flexibility index (Phi) is 6.60. The number of β-amino-alcohol motifs (C(OH)–C–C–N with tert-alkyl or cyclic N) is 1. The number of rotatable bonds is 4. The maximum absolute atomic E-state index is 13.6. The zero-order valence-corrected chi connectivity index (χ0v) is 19.8. The van der Waals surface area contributed by atoms with Crippen molar-refractivity contribution >= 4 is 11.4 Å². The van der Waals surface area contributed by atoms with Gasteiger partial charge in [0.25, 0.3) is 0 Å². The Morgan fingerprint density at radius 2 is 1.54 bits per heavy atom. The smallest absolute Gasteiger partial charge is 0.382 e. The molecule has 0 bridgehead atoms. The van der Waals surface area contributed by atoms with Gasteiger partial charge < -0.3 is 14.9 Å². The molecule has 9 heteroatoms. The van der Waals surface area contributed by atoms with E-state index in [1.165, 1.54) is 22.6 Å². The highest BCUT2D eigenvalue weighted by Crippen LogP contribution is 2.48. The standard InChI is InChI=1S/C28H26F6N2O/c29-27(30,31)20-10-5-9-19(15-20)25-16-35(22-14-6-8-18-7-1-2-11-21(18)22)23-12-3-4-13-24(23)36(25)17-26(37)28(32,33)34/h1-5,7,9-13,15,22,25-26,37H,6,8,14,16-17H2. The highest BCUT2D eigenvalue weighted by atomic mass is 19.4. The molecule has 3 unspecified atom stereocenters. The average Bonchev–Trinajstić information content (AvgIpc) is 2.87.